The van der Waals surface area contributed by atoms with Crippen molar-refractivity contribution in [2.45, 2.75) is 0 Å². The minimum atomic E-state index is -3.52. The van der Waals surface area contributed by atoms with Gasteiger partial charge in [0.25, 0.3) is 0 Å². The van der Waals surface area contributed by atoms with Crippen molar-refractivity contribution in [1.82, 2.24) is 0 Å². The number of carbonyl (C=O) groups excluding carboxylic acids is 1. The van der Waals surface area contributed by atoms with E-state index in [1.165, 1.54) is 0 Å². The summed E-state index contributed by atoms with van der Waals surface area (Å²) < 4.78 is 5.64. The van der Waals surface area contributed by atoms with E-state index in [2.05, 4.69) is 0 Å². The standard InChI is InChI=1S/C21H20ClO2P/c1-24-20-14-8-9-15-21(20)25(22,17-16-23,18-10-4-2-5-11-18)19-12-6-3-7-13-19/h2-16H,17H2,1H3. The summed E-state index contributed by atoms with van der Waals surface area (Å²) in [5.41, 5.74) is 0. The number of benzene rings is 3. The van der Waals surface area contributed by atoms with Crippen LogP contribution in [0, 0.1) is 0 Å². The van der Waals surface area contributed by atoms with E-state index in [0.29, 0.717) is 5.75 Å². The molecule has 25 heavy (non-hydrogen) atoms. The van der Waals surface area contributed by atoms with Crippen molar-refractivity contribution in [3.63, 3.8) is 0 Å². The molecule has 3 aromatic rings. The third-order valence-electron chi connectivity index (χ3n) is 4.59. The number of methoxy groups -OCH3 is 1. The second-order valence-corrected chi connectivity index (χ2v) is 12.4. The second-order valence-electron chi connectivity index (χ2n) is 5.88. The van der Waals surface area contributed by atoms with Crippen molar-refractivity contribution in [2.75, 3.05) is 13.3 Å². The first-order valence-electron chi connectivity index (χ1n) is 8.06. The Hall–Kier alpha value is -2.15. The molecule has 0 aliphatic carbocycles. The zero-order valence-corrected chi connectivity index (χ0v) is 15.7. The maximum atomic E-state index is 11.9. The Morgan fingerprint density at radius 2 is 1.32 bits per heavy atom. The summed E-state index contributed by atoms with van der Waals surface area (Å²) in [5.74, 6) is -2.82. The Bertz CT molecular complexity index is 826. The molecule has 0 heterocycles. The van der Waals surface area contributed by atoms with Crippen LogP contribution in [0.5, 0.6) is 5.75 Å². The third-order valence-corrected chi connectivity index (χ3v) is 11.7. The zero-order valence-electron chi connectivity index (χ0n) is 14.0. The quantitative estimate of drug-likeness (QED) is 0.486. The van der Waals surface area contributed by atoms with Gasteiger partial charge in [-0.25, -0.2) is 0 Å². The van der Waals surface area contributed by atoms with Crippen LogP contribution in [0.2, 0.25) is 0 Å². The van der Waals surface area contributed by atoms with Crippen LogP contribution >= 0.6 is 17.2 Å². The Morgan fingerprint density at radius 3 is 1.80 bits per heavy atom. The summed E-state index contributed by atoms with van der Waals surface area (Å²) in [4.78, 5) is 11.9. The van der Waals surface area contributed by atoms with Gasteiger partial charge < -0.3 is 0 Å². The molecule has 2 nitrogen and oxygen atoms in total. The predicted octanol–water partition coefficient (Wildman–Crippen LogP) is 3.88. The van der Waals surface area contributed by atoms with E-state index in [4.69, 9.17) is 16.0 Å². The number of halogens is 1. The van der Waals surface area contributed by atoms with Gasteiger partial charge in [0, 0.05) is 0 Å². The summed E-state index contributed by atoms with van der Waals surface area (Å²) in [6, 6.07) is 27.5. The van der Waals surface area contributed by atoms with Crippen LogP contribution < -0.4 is 20.7 Å². The van der Waals surface area contributed by atoms with E-state index in [1.54, 1.807) is 7.11 Å². The van der Waals surface area contributed by atoms with Crippen LogP contribution in [0.25, 0.3) is 0 Å². The molecule has 0 spiro atoms. The average molecular weight is 371 g/mol. The number of rotatable bonds is 6. The number of hydrogen-bond acceptors (Lipinski definition) is 2. The molecule has 0 fully saturated rings. The SMILES string of the molecule is COc1ccccc1P(Cl)(CC=O)(c1ccccc1)c1ccccc1. The van der Waals surface area contributed by atoms with Crippen molar-refractivity contribution in [2.24, 2.45) is 0 Å². The molecule has 0 unspecified atom stereocenters. The van der Waals surface area contributed by atoms with Gasteiger partial charge >= 0.3 is 153 Å². The number of hydrogen-bond donors (Lipinski definition) is 0. The fourth-order valence-corrected chi connectivity index (χ4v) is 9.00. The van der Waals surface area contributed by atoms with Crippen LogP contribution in [-0.4, -0.2) is 19.6 Å². The van der Waals surface area contributed by atoms with Crippen LogP contribution in [0.1, 0.15) is 0 Å². The van der Waals surface area contributed by atoms with E-state index < -0.39 is 5.96 Å². The van der Waals surface area contributed by atoms with E-state index in [0.717, 1.165) is 22.2 Å². The van der Waals surface area contributed by atoms with Gasteiger partial charge in [0.1, 0.15) is 0 Å². The van der Waals surface area contributed by atoms with Crippen molar-refractivity contribution in [1.29, 1.82) is 0 Å². The summed E-state index contributed by atoms with van der Waals surface area (Å²) in [6.45, 7) is 0. The van der Waals surface area contributed by atoms with Gasteiger partial charge in [-0.2, -0.15) is 0 Å². The Morgan fingerprint density at radius 1 is 0.840 bits per heavy atom. The molecule has 0 atom stereocenters. The molecule has 4 heteroatoms. The van der Waals surface area contributed by atoms with Gasteiger partial charge in [-0.1, -0.05) is 0 Å². The Kier molecular flexibility index (Phi) is 4.94. The van der Waals surface area contributed by atoms with Gasteiger partial charge in [-0.3, -0.25) is 0 Å². The fourth-order valence-electron chi connectivity index (χ4n) is 3.37. The van der Waals surface area contributed by atoms with Crippen molar-refractivity contribution in [3.8, 4) is 5.75 Å². The van der Waals surface area contributed by atoms with Gasteiger partial charge in [0.2, 0.25) is 0 Å². The molecule has 0 aliphatic rings. The summed E-state index contributed by atoms with van der Waals surface area (Å²) in [6.07, 6.45) is 1.14. The number of para-hydroxylation sites is 1. The molecule has 3 aromatic carbocycles. The third kappa shape index (κ3) is 2.76. The summed E-state index contributed by atoms with van der Waals surface area (Å²) in [5, 5.41) is 2.79. The first kappa shape index (κ1) is 17.7. The topological polar surface area (TPSA) is 26.3 Å². The van der Waals surface area contributed by atoms with Gasteiger partial charge in [-0.05, 0) is 0 Å². The monoisotopic (exact) mass is 370 g/mol. The Balaban J connectivity index is 2.49. The molecule has 128 valence electrons. The first-order chi connectivity index (χ1) is 12.1. The molecular formula is C21H20ClO2P. The Labute approximate surface area is 153 Å². The van der Waals surface area contributed by atoms with Gasteiger partial charge in [-0.15, -0.1) is 0 Å². The average Bonchev–Trinajstić information content (AvgIpc) is 2.69. The van der Waals surface area contributed by atoms with E-state index >= 15 is 0 Å². The van der Waals surface area contributed by atoms with Crippen LogP contribution in [-0.2, 0) is 4.79 Å². The first-order valence-corrected chi connectivity index (χ1v) is 11.4. The molecule has 0 bridgehead atoms. The van der Waals surface area contributed by atoms with E-state index in [-0.39, 0.29) is 6.16 Å². The number of carbonyl (C=O) groups is 1. The number of aldehydes is 1. The van der Waals surface area contributed by atoms with Gasteiger partial charge in [0.15, 0.2) is 0 Å². The van der Waals surface area contributed by atoms with Crippen molar-refractivity contribution < 1.29 is 9.53 Å². The molecule has 0 saturated carbocycles. The molecule has 3 rings (SSSR count). The van der Waals surface area contributed by atoms with Gasteiger partial charge in [0.05, 0.1) is 0 Å². The molecule has 0 radical (unpaired) electrons. The van der Waals surface area contributed by atoms with E-state index in [1.807, 2.05) is 84.9 Å². The molecule has 0 N–H and O–H groups in total. The molecular weight excluding hydrogens is 351 g/mol. The predicted molar refractivity (Wildman–Crippen MR) is 108 cm³/mol. The second kappa shape index (κ2) is 7.00. The molecule has 0 aliphatic heterocycles. The molecule has 0 aromatic heterocycles. The van der Waals surface area contributed by atoms with Crippen LogP contribution in [0.4, 0.5) is 0 Å². The molecule has 0 saturated heterocycles. The fraction of sp³-hybridized carbons (Fsp3) is 0.0952. The summed E-state index contributed by atoms with van der Waals surface area (Å²) in [7, 11) is 1.63. The number of ether oxygens (including phenoxy) is 1. The van der Waals surface area contributed by atoms with Crippen molar-refractivity contribution >= 4 is 39.4 Å². The molecule has 0 amide bonds. The summed E-state index contributed by atoms with van der Waals surface area (Å²) >= 11 is 7.68. The zero-order chi connectivity index (χ0) is 17.8. The normalized spacial score (nSPS) is 12.8. The van der Waals surface area contributed by atoms with Crippen LogP contribution in [0.3, 0.4) is 0 Å². The van der Waals surface area contributed by atoms with Crippen LogP contribution in [0.15, 0.2) is 84.9 Å². The maximum absolute atomic E-state index is 11.9. The van der Waals surface area contributed by atoms with E-state index in [9.17, 15) is 4.79 Å². The van der Waals surface area contributed by atoms with Crippen molar-refractivity contribution in [3.05, 3.63) is 84.9 Å². The minimum absolute atomic E-state index is 0.210.